The molecule has 1 aromatic heterocycles. The third kappa shape index (κ3) is 3.06. The Hall–Kier alpha value is -2.21. The molecule has 0 spiro atoms. The van der Waals surface area contributed by atoms with Crippen LogP contribution in [0.2, 0.25) is 0 Å². The normalized spacial score (nSPS) is 21.9. The number of para-hydroxylation sites is 2. The van der Waals surface area contributed by atoms with Crippen LogP contribution in [0.25, 0.3) is 11.0 Å². The number of amides is 1. The van der Waals surface area contributed by atoms with E-state index in [0.29, 0.717) is 26.3 Å². The monoisotopic (exact) mass is 326 g/mol. The molecule has 2 aliphatic heterocycles. The van der Waals surface area contributed by atoms with Crippen molar-refractivity contribution in [2.24, 2.45) is 5.92 Å². The van der Waals surface area contributed by atoms with E-state index in [4.69, 9.17) is 9.72 Å². The van der Waals surface area contributed by atoms with Crippen LogP contribution >= 0.6 is 0 Å². The standard InChI is InChI=1S/C18H22N4O2/c23-18(21-8-10-24-11-9-21)14-4-3-7-22(13-14)17-12-19-15-5-1-2-6-16(15)20-17/h1-2,5-6,12,14H,3-4,7-11,13H2. The first-order valence-corrected chi connectivity index (χ1v) is 8.64. The van der Waals surface area contributed by atoms with Crippen LogP contribution in [-0.2, 0) is 9.53 Å². The summed E-state index contributed by atoms with van der Waals surface area (Å²) in [5, 5.41) is 0. The predicted molar refractivity (Wildman–Crippen MR) is 91.9 cm³/mol. The van der Waals surface area contributed by atoms with Gasteiger partial charge in [0.15, 0.2) is 0 Å². The molecule has 1 amide bonds. The van der Waals surface area contributed by atoms with Crippen LogP contribution in [0.15, 0.2) is 30.5 Å². The van der Waals surface area contributed by atoms with Gasteiger partial charge in [-0.2, -0.15) is 0 Å². The van der Waals surface area contributed by atoms with Crippen LogP contribution < -0.4 is 4.90 Å². The summed E-state index contributed by atoms with van der Waals surface area (Å²) >= 11 is 0. The average molecular weight is 326 g/mol. The number of rotatable bonds is 2. The van der Waals surface area contributed by atoms with Gasteiger partial charge in [0.05, 0.1) is 36.4 Å². The van der Waals surface area contributed by atoms with E-state index in [1.54, 1.807) is 0 Å². The zero-order chi connectivity index (χ0) is 16.4. The zero-order valence-corrected chi connectivity index (χ0v) is 13.7. The van der Waals surface area contributed by atoms with Gasteiger partial charge in [-0.1, -0.05) is 12.1 Å². The van der Waals surface area contributed by atoms with E-state index in [2.05, 4.69) is 9.88 Å². The number of carbonyl (C=O) groups is 1. The van der Waals surface area contributed by atoms with E-state index < -0.39 is 0 Å². The van der Waals surface area contributed by atoms with Crippen molar-refractivity contribution in [1.82, 2.24) is 14.9 Å². The summed E-state index contributed by atoms with van der Waals surface area (Å²) in [4.78, 5) is 26.1. The van der Waals surface area contributed by atoms with Crippen molar-refractivity contribution in [2.75, 3.05) is 44.3 Å². The molecule has 2 aromatic rings. The molecule has 2 saturated heterocycles. The summed E-state index contributed by atoms with van der Waals surface area (Å²) in [6.07, 6.45) is 3.78. The van der Waals surface area contributed by atoms with Crippen LogP contribution in [0.1, 0.15) is 12.8 Å². The molecule has 4 rings (SSSR count). The lowest BCUT2D eigenvalue weighted by Crippen LogP contribution is -2.48. The number of anilines is 1. The van der Waals surface area contributed by atoms with Crippen molar-refractivity contribution in [3.63, 3.8) is 0 Å². The third-order valence-electron chi connectivity index (χ3n) is 4.85. The molecule has 0 bridgehead atoms. The number of hydrogen-bond donors (Lipinski definition) is 0. The predicted octanol–water partition coefficient (Wildman–Crippen LogP) is 1.70. The molecule has 24 heavy (non-hydrogen) atoms. The number of fused-ring (bicyclic) bond motifs is 1. The first-order chi connectivity index (χ1) is 11.8. The number of morpholine rings is 1. The highest BCUT2D eigenvalue weighted by Crippen LogP contribution is 2.24. The molecule has 6 heteroatoms. The van der Waals surface area contributed by atoms with Crippen LogP contribution in [0.4, 0.5) is 5.82 Å². The molecule has 6 nitrogen and oxygen atoms in total. The first kappa shape index (κ1) is 15.3. The van der Waals surface area contributed by atoms with Gasteiger partial charge in [-0.3, -0.25) is 9.78 Å². The van der Waals surface area contributed by atoms with Crippen molar-refractivity contribution in [2.45, 2.75) is 12.8 Å². The van der Waals surface area contributed by atoms with Crippen LogP contribution in [0.5, 0.6) is 0 Å². The Morgan fingerprint density at radius 1 is 1.12 bits per heavy atom. The lowest BCUT2D eigenvalue weighted by Gasteiger charge is -2.36. The second kappa shape index (κ2) is 6.73. The third-order valence-corrected chi connectivity index (χ3v) is 4.85. The van der Waals surface area contributed by atoms with Gasteiger partial charge in [0.2, 0.25) is 5.91 Å². The second-order valence-corrected chi connectivity index (χ2v) is 6.44. The summed E-state index contributed by atoms with van der Waals surface area (Å²) in [7, 11) is 0. The SMILES string of the molecule is O=C(C1CCCN(c2cnc3ccccc3n2)C1)N1CCOCC1. The summed E-state index contributed by atoms with van der Waals surface area (Å²) < 4.78 is 5.35. The van der Waals surface area contributed by atoms with Gasteiger partial charge in [-0.15, -0.1) is 0 Å². The maximum Gasteiger partial charge on any atom is 0.227 e. The van der Waals surface area contributed by atoms with Gasteiger partial charge < -0.3 is 14.5 Å². The number of piperidine rings is 1. The van der Waals surface area contributed by atoms with Gasteiger partial charge >= 0.3 is 0 Å². The van der Waals surface area contributed by atoms with Gasteiger partial charge in [0, 0.05) is 26.2 Å². The van der Waals surface area contributed by atoms with Crippen molar-refractivity contribution < 1.29 is 9.53 Å². The van der Waals surface area contributed by atoms with Crippen LogP contribution in [-0.4, -0.2) is 60.2 Å². The summed E-state index contributed by atoms with van der Waals surface area (Å²) in [5.74, 6) is 1.18. The molecule has 1 atom stereocenters. The van der Waals surface area contributed by atoms with E-state index >= 15 is 0 Å². The van der Waals surface area contributed by atoms with Crippen LogP contribution in [0.3, 0.4) is 0 Å². The molecular weight excluding hydrogens is 304 g/mol. The lowest BCUT2D eigenvalue weighted by molar-refractivity contribution is -0.139. The quantitative estimate of drug-likeness (QED) is 0.841. The fraction of sp³-hybridized carbons (Fsp3) is 0.500. The molecular formula is C18H22N4O2. The minimum atomic E-state index is 0.0464. The number of aromatic nitrogens is 2. The molecule has 2 fully saturated rings. The van der Waals surface area contributed by atoms with Crippen molar-refractivity contribution in [3.05, 3.63) is 30.5 Å². The van der Waals surface area contributed by atoms with E-state index in [9.17, 15) is 4.79 Å². The molecule has 0 N–H and O–H groups in total. The van der Waals surface area contributed by atoms with Gasteiger partial charge in [0.25, 0.3) is 0 Å². The maximum absolute atomic E-state index is 12.8. The molecule has 1 aromatic carbocycles. The topological polar surface area (TPSA) is 58.6 Å². The molecule has 0 aliphatic carbocycles. The van der Waals surface area contributed by atoms with E-state index in [-0.39, 0.29) is 11.8 Å². The summed E-state index contributed by atoms with van der Waals surface area (Å²) in [6.45, 7) is 4.38. The second-order valence-electron chi connectivity index (χ2n) is 6.44. The molecule has 0 saturated carbocycles. The maximum atomic E-state index is 12.8. The number of nitrogens with zero attached hydrogens (tertiary/aromatic N) is 4. The van der Waals surface area contributed by atoms with Crippen molar-refractivity contribution >= 4 is 22.8 Å². The zero-order valence-electron chi connectivity index (χ0n) is 13.7. The Bertz CT molecular complexity index is 730. The lowest BCUT2D eigenvalue weighted by atomic mass is 9.96. The van der Waals surface area contributed by atoms with Crippen molar-refractivity contribution in [3.8, 4) is 0 Å². The fourth-order valence-corrected chi connectivity index (χ4v) is 3.53. The summed E-state index contributed by atoms with van der Waals surface area (Å²) in [5.41, 5.74) is 1.80. The number of benzene rings is 1. The number of carbonyl (C=O) groups excluding carboxylic acids is 1. The Morgan fingerprint density at radius 3 is 2.75 bits per heavy atom. The van der Waals surface area contributed by atoms with Gasteiger partial charge in [-0.05, 0) is 25.0 Å². The highest BCUT2D eigenvalue weighted by molar-refractivity contribution is 5.80. The highest BCUT2D eigenvalue weighted by Gasteiger charge is 2.30. The average Bonchev–Trinajstić information content (AvgIpc) is 2.68. The van der Waals surface area contributed by atoms with E-state index in [1.807, 2.05) is 35.4 Å². The molecule has 126 valence electrons. The van der Waals surface area contributed by atoms with Gasteiger partial charge in [0.1, 0.15) is 5.82 Å². The molecule has 1 unspecified atom stereocenters. The largest absolute Gasteiger partial charge is 0.378 e. The van der Waals surface area contributed by atoms with E-state index in [1.165, 1.54) is 0 Å². The fourth-order valence-electron chi connectivity index (χ4n) is 3.53. The minimum absolute atomic E-state index is 0.0464. The Kier molecular flexibility index (Phi) is 4.30. The Labute approximate surface area is 141 Å². The van der Waals surface area contributed by atoms with E-state index in [0.717, 1.165) is 42.8 Å². The number of hydrogen-bond acceptors (Lipinski definition) is 5. The minimum Gasteiger partial charge on any atom is -0.378 e. The summed E-state index contributed by atoms with van der Waals surface area (Å²) in [6, 6.07) is 7.88. The van der Waals surface area contributed by atoms with Crippen molar-refractivity contribution in [1.29, 1.82) is 0 Å². The van der Waals surface area contributed by atoms with Gasteiger partial charge in [-0.25, -0.2) is 4.98 Å². The Balaban J connectivity index is 1.50. The molecule has 0 radical (unpaired) electrons. The molecule has 3 heterocycles. The van der Waals surface area contributed by atoms with Crippen LogP contribution in [0, 0.1) is 5.92 Å². The highest BCUT2D eigenvalue weighted by atomic mass is 16.5. The first-order valence-electron chi connectivity index (χ1n) is 8.64. The molecule has 2 aliphatic rings. The Morgan fingerprint density at radius 2 is 1.92 bits per heavy atom. The number of ether oxygens (including phenoxy) is 1. The smallest absolute Gasteiger partial charge is 0.227 e.